The molecule has 0 fully saturated rings. The Morgan fingerprint density at radius 2 is 2.29 bits per heavy atom. The number of aromatic nitrogens is 3. The second-order valence-electron chi connectivity index (χ2n) is 4.03. The van der Waals surface area contributed by atoms with Crippen LogP contribution in [-0.4, -0.2) is 33.0 Å². The third kappa shape index (κ3) is 2.45. The standard InChI is InChI=1S/C12H18N4O/c1-3-13-7-10-6-11-9(2)15-16(4-5-17)12(11)14-8-10/h6,8,13,17H,3-5,7H2,1-2H3. The molecule has 2 aromatic rings. The summed E-state index contributed by atoms with van der Waals surface area (Å²) in [7, 11) is 0. The number of aliphatic hydroxyl groups excluding tert-OH is 1. The maximum atomic E-state index is 8.96. The number of pyridine rings is 1. The van der Waals surface area contributed by atoms with E-state index in [0.29, 0.717) is 6.54 Å². The van der Waals surface area contributed by atoms with Gasteiger partial charge in [0, 0.05) is 18.1 Å². The van der Waals surface area contributed by atoms with Crippen molar-refractivity contribution < 1.29 is 5.11 Å². The van der Waals surface area contributed by atoms with Crippen LogP contribution in [0.25, 0.3) is 11.0 Å². The van der Waals surface area contributed by atoms with Crippen LogP contribution in [0.15, 0.2) is 12.3 Å². The fourth-order valence-corrected chi connectivity index (χ4v) is 1.87. The second-order valence-corrected chi connectivity index (χ2v) is 4.03. The lowest BCUT2D eigenvalue weighted by molar-refractivity contribution is 0.271. The molecule has 17 heavy (non-hydrogen) atoms. The minimum atomic E-state index is 0.0804. The lowest BCUT2D eigenvalue weighted by Gasteiger charge is -2.03. The van der Waals surface area contributed by atoms with Gasteiger partial charge in [-0.1, -0.05) is 6.92 Å². The fourth-order valence-electron chi connectivity index (χ4n) is 1.87. The van der Waals surface area contributed by atoms with Gasteiger partial charge >= 0.3 is 0 Å². The summed E-state index contributed by atoms with van der Waals surface area (Å²) in [5, 5.41) is 17.7. The number of aliphatic hydroxyl groups is 1. The molecule has 92 valence electrons. The molecule has 0 bridgehead atoms. The van der Waals surface area contributed by atoms with Crippen molar-refractivity contribution in [3.8, 4) is 0 Å². The van der Waals surface area contributed by atoms with Gasteiger partial charge in [0.15, 0.2) is 5.65 Å². The van der Waals surface area contributed by atoms with Gasteiger partial charge < -0.3 is 10.4 Å². The van der Waals surface area contributed by atoms with Gasteiger partial charge in [0.25, 0.3) is 0 Å². The SMILES string of the molecule is CCNCc1cnc2c(c1)c(C)nn2CCO. The Morgan fingerprint density at radius 3 is 3.00 bits per heavy atom. The van der Waals surface area contributed by atoms with Gasteiger partial charge in [-0.05, 0) is 25.1 Å². The smallest absolute Gasteiger partial charge is 0.158 e. The molecule has 0 atom stereocenters. The number of hydrogen-bond donors (Lipinski definition) is 2. The quantitative estimate of drug-likeness (QED) is 0.804. The number of nitrogens with zero attached hydrogens (tertiary/aromatic N) is 3. The summed E-state index contributed by atoms with van der Waals surface area (Å²) in [5.74, 6) is 0. The van der Waals surface area contributed by atoms with Crippen molar-refractivity contribution in [3.05, 3.63) is 23.5 Å². The minimum absolute atomic E-state index is 0.0804. The lowest BCUT2D eigenvalue weighted by Crippen LogP contribution is -2.12. The first-order valence-electron chi connectivity index (χ1n) is 5.90. The van der Waals surface area contributed by atoms with Crippen LogP contribution in [0.4, 0.5) is 0 Å². The van der Waals surface area contributed by atoms with Crippen LogP contribution in [0.1, 0.15) is 18.2 Å². The zero-order valence-electron chi connectivity index (χ0n) is 10.3. The third-order valence-corrected chi connectivity index (χ3v) is 2.72. The Bertz CT molecular complexity index is 506. The van der Waals surface area contributed by atoms with E-state index in [1.807, 2.05) is 13.1 Å². The molecule has 2 aromatic heterocycles. The van der Waals surface area contributed by atoms with E-state index in [9.17, 15) is 0 Å². The molecule has 5 heteroatoms. The summed E-state index contributed by atoms with van der Waals surface area (Å²) in [6.45, 7) is 6.39. The summed E-state index contributed by atoms with van der Waals surface area (Å²) in [6, 6.07) is 2.11. The first-order valence-corrected chi connectivity index (χ1v) is 5.90. The zero-order valence-corrected chi connectivity index (χ0v) is 10.3. The number of hydrogen-bond acceptors (Lipinski definition) is 4. The first-order chi connectivity index (χ1) is 8.26. The van der Waals surface area contributed by atoms with Crippen LogP contribution in [-0.2, 0) is 13.1 Å². The molecule has 0 aliphatic heterocycles. The molecule has 0 saturated heterocycles. The average molecular weight is 234 g/mol. The van der Waals surface area contributed by atoms with Crippen molar-refractivity contribution in [3.63, 3.8) is 0 Å². The van der Waals surface area contributed by atoms with E-state index in [1.165, 1.54) is 0 Å². The molecule has 0 aliphatic carbocycles. The van der Waals surface area contributed by atoms with Gasteiger partial charge in [-0.2, -0.15) is 5.10 Å². The molecule has 2 N–H and O–H groups in total. The Kier molecular flexibility index (Phi) is 3.71. The van der Waals surface area contributed by atoms with Crippen LogP contribution >= 0.6 is 0 Å². The van der Waals surface area contributed by atoms with Gasteiger partial charge in [-0.15, -0.1) is 0 Å². The molecule has 0 aromatic carbocycles. The molecule has 0 amide bonds. The predicted octanol–water partition coefficient (Wildman–Crippen LogP) is 0.842. The number of rotatable bonds is 5. The van der Waals surface area contributed by atoms with Crippen molar-refractivity contribution in [1.82, 2.24) is 20.1 Å². The molecule has 2 heterocycles. The molecule has 2 rings (SSSR count). The minimum Gasteiger partial charge on any atom is -0.394 e. The van der Waals surface area contributed by atoms with Gasteiger partial charge in [-0.25, -0.2) is 9.67 Å². The lowest BCUT2D eigenvalue weighted by atomic mass is 10.2. The maximum absolute atomic E-state index is 8.96. The van der Waals surface area contributed by atoms with Gasteiger partial charge in [-0.3, -0.25) is 0 Å². The van der Waals surface area contributed by atoms with Crippen molar-refractivity contribution >= 4 is 11.0 Å². The number of fused-ring (bicyclic) bond motifs is 1. The van der Waals surface area contributed by atoms with E-state index < -0.39 is 0 Å². The molecular formula is C12H18N4O. The molecule has 0 aliphatic rings. The summed E-state index contributed by atoms with van der Waals surface area (Å²) in [6.07, 6.45) is 1.86. The van der Waals surface area contributed by atoms with Crippen LogP contribution in [0.2, 0.25) is 0 Å². The normalized spacial score (nSPS) is 11.2. The monoisotopic (exact) mass is 234 g/mol. The average Bonchev–Trinajstić information content (AvgIpc) is 2.64. The van der Waals surface area contributed by atoms with Crippen LogP contribution < -0.4 is 5.32 Å². The highest BCUT2D eigenvalue weighted by molar-refractivity contribution is 5.78. The van der Waals surface area contributed by atoms with Crippen LogP contribution in [0, 0.1) is 6.92 Å². The predicted molar refractivity (Wildman–Crippen MR) is 66.7 cm³/mol. The van der Waals surface area contributed by atoms with Gasteiger partial charge in [0.05, 0.1) is 18.8 Å². The zero-order chi connectivity index (χ0) is 12.3. The molecule has 5 nitrogen and oxygen atoms in total. The maximum Gasteiger partial charge on any atom is 0.158 e. The largest absolute Gasteiger partial charge is 0.394 e. The third-order valence-electron chi connectivity index (χ3n) is 2.72. The Morgan fingerprint density at radius 1 is 1.47 bits per heavy atom. The first kappa shape index (κ1) is 12.0. The van der Waals surface area contributed by atoms with Gasteiger partial charge in [0.1, 0.15) is 0 Å². The molecular weight excluding hydrogens is 216 g/mol. The highest BCUT2D eigenvalue weighted by Crippen LogP contribution is 2.17. The Balaban J connectivity index is 2.37. The fraction of sp³-hybridized carbons (Fsp3) is 0.500. The molecule has 0 saturated carbocycles. The number of aryl methyl sites for hydroxylation is 1. The van der Waals surface area contributed by atoms with Crippen molar-refractivity contribution in [1.29, 1.82) is 0 Å². The summed E-state index contributed by atoms with van der Waals surface area (Å²) in [5.41, 5.74) is 2.96. The van der Waals surface area contributed by atoms with Crippen LogP contribution in [0.5, 0.6) is 0 Å². The Hall–Kier alpha value is -1.46. The van der Waals surface area contributed by atoms with E-state index in [4.69, 9.17) is 5.11 Å². The topological polar surface area (TPSA) is 63.0 Å². The molecule has 0 spiro atoms. The van der Waals surface area contributed by atoms with E-state index in [0.717, 1.165) is 35.4 Å². The van der Waals surface area contributed by atoms with E-state index in [1.54, 1.807) is 4.68 Å². The summed E-state index contributed by atoms with van der Waals surface area (Å²) in [4.78, 5) is 4.42. The van der Waals surface area contributed by atoms with Crippen molar-refractivity contribution in [2.45, 2.75) is 26.9 Å². The summed E-state index contributed by atoms with van der Waals surface area (Å²) >= 11 is 0. The molecule has 0 radical (unpaired) electrons. The van der Waals surface area contributed by atoms with Crippen molar-refractivity contribution in [2.24, 2.45) is 0 Å². The Labute approximate surface area is 100 Å². The second kappa shape index (κ2) is 5.25. The van der Waals surface area contributed by atoms with E-state index in [2.05, 4.69) is 28.4 Å². The highest BCUT2D eigenvalue weighted by atomic mass is 16.3. The van der Waals surface area contributed by atoms with Crippen molar-refractivity contribution in [2.75, 3.05) is 13.2 Å². The van der Waals surface area contributed by atoms with Crippen LogP contribution in [0.3, 0.4) is 0 Å². The highest BCUT2D eigenvalue weighted by Gasteiger charge is 2.08. The van der Waals surface area contributed by atoms with Gasteiger partial charge in [0.2, 0.25) is 0 Å². The number of nitrogens with one attached hydrogen (secondary N) is 1. The van der Waals surface area contributed by atoms with E-state index >= 15 is 0 Å². The summed E-state index contributed by atoms with van der Waals surface area (Å²) < 4.78 is 1.75. The molecule has 0 unspecified atom stereocenters. The van der Waals surface area contributed by atoms with E-state index in [-0.39, 0.29) is 6.61 Å².